The van der Waals surface area contributed by atoms with Crippen molar-refractivity contribution in [2.45, 2.75) is 64.4 Å². The van der Waals surface area contributed by atoms with Gasteiger partial charge in [0.25, 0.3) is 0 Å². The molecule has 0 radical (unpaired) electrons. The SMILES string of the molecule is CCc1ccc(C(O)CNC2CC(OC(C)C)C2)cc1. The molecular weight excluding hydrogens is 250 g/mol. The minimum atomic E-state index is -0.425. The van der Waals surface area contributed by atoms with E-state index < -0.39 is 6.10 Å². The molecule has 1 aromatic carbocycles. The van der Waals surface area contributed by atoms with Crippen molar-refractivity contribution in [3.63, 3.8) is 0 Å². The standard InChI is InChI=1S/C17H27NO2/c1-4-13-5-7-14(8-6-13)17(19)11-18-15-9-16(10-15)20-12(2)3/h5-8,12,15-19H,4,9-11H2,1-3H3. The van der Waals surface area contributed by atoms with Crippen LogP contribution in [0.25, 0.3) is 0 Å². The van der Waals surface area contributed by atoms with E-state index in [1.165, 1.54) is 5.56 Å². The lowest BCUT2D eigenvalue weighted by atomic mass is 9.89. The minimum Gasteiger partial charge on any atom is -0.387 e. The summed E-state index contributed by atoms with van der Waals surface area (Å²) in [6.07, 6.45) is 3.43. The van der Waals surface area contributed by atoms with Crippen molar-refractivity contribution in [2.75, 3.05) is 6.54 Å². The Balaban J connectivity index is 1.69. The maximum absolute atomic E-state index is 10.2. The van der Waals surface area contributed by atoms with Crippen molar-refractivity contribution in [3.05, 3.63) is 35.4 Å². The van der Waals surface area contributed by atoms with E-state index in [2.05, 4.69) is 38.2 Å². The molecule has 2 N–H and O–H groups in total. The van der Waals surface area contributed by atoms with Crippen molar-refractivity contribution in [3.8, 4) is 0 Å². The van der Waals surface area contributed by atoms with Crippen molar-refractivity contribution in [1.29, 1.82) is 0 Å². The lowest BCUT2D eigenvalue weighted by Crippen LogP contribution is -2.47. The summed E-state index contributed by atoms with van der Waals surface area (Å²) in [5.41, 5.74) is 2.30. The van der Waals surface area contributed by atoms with E-state index in [0.29, 0.717) is 24.8 Å². The van der Waals surface area contributed by atoms with Crippen molar-refractivity contribution in [1.82, 2.24) is 5.32 Å². The summed E-state index contributed by atoms with van der Waals surface area (Å²) in [6.45, 7) is 6.90. The normalized spacial score (nSPS) is 23.6. The van der Waals surface area contributed by atoms with Gasteiger partial charge in [0.1, 0.15) is 0 Å². The largest absolute Gasteiger partial charge is 0.387 e. The highest BCUT2D eigenvalue weighted by Crippen LogP contribution is 2.25. The van der Waals surface area contributed by atoms with Crippen LogP contribution in [0.3, 0.4) is 0 Å². The third-order valence-electron chi connectivity index (χ3n) is 3.93. The van der Waals surface area contributed by atoms with Crippen LogP contribution in [0.2, 0.25) is 0 Å². The molecule has 1 atom stereocenters. The molecule has 0 aliphatic heterocycles. The Labute approximate surface area is 122 Å². The zero-order valence-electron chi connectivity index (χ0n) is 12.8. The number of aliphatic hydroxyl groups is 1. The monoisotopic (exact) mass is 277 g/mol. The zero-order valence-corrected chi connectivity index (χ0v) is 12.8. The highest BCUT2D eigenvalue weighted by atomic mass is 16.5. The summed E-state index contributed by atoms with van der Waals surface area (Å²) >= 11 is 0. The average molecular weight is 277 g/mol. The maximum atomic E-state index is 10.2. The van der Waals surface area contributed by atoms with Crippen LogP contribution in [0.5, 0.6) is 0 Å². The summed E-state index contributed by atoms with van der Waals surface area (Å²) < 4.78 is 5.73. The second kappa shape index (κ2) is 7.21. The lowest BCUT2D eigenvalue weighted by Gasteiger charge is -2.37. The molecule has 112 valence electrons. The van der Waals surface area contributed by atoms with Crippen LogP contribution in [0.15, 0.2) is 24.3 Å². The molecule has 1 fully saturated rings. The van der Waals surface area contributed by atoms with Gasteiger partial charge in [0, 0.05) is 12.6 Å². The minimum absolute atomic E-state index is 0.309. The van der Waals surface area contributed by atoms with Crippen molar-refractivity contribution in [2.24, 2.45) is 0 Å². The summed E-state index contributed by atoms with van der Waals surface area (Å²) in [5.74, 6) is 0. The van der Waals surface area contributed by atoms with Gasteiger partial charge in [0.2, 0.25) is 0 Å². The number of hydrogen-bond donors (Lipinski definition) is 2. The van der Waals surface area contributed by atoms with Crippen molar-refractivity contribution < 1.29 is 9.84 Å². The number of hydrogen-bond acceptors (Lipinski definition) is 3. The Bertz CT molecular complexity index is 396. The van der Waals surface area contributed by atoms with E-state index in [4.69, 9.17) is 4.74 Å². The van der Waals surface area contributed by atoms with Crippen LogP contribution in [-0.2, 0) is 11.2 Å². The molecule has 0 bridgehead atoms. The Morgan fingerprint density at radius 3 is 2.45 bits per heavy atom. The van der Waals surface area contributed by atoms with E-state index in [9.17, 15) is 5.11 Å². The Kier molecular flexibility index (Phi) is 5.58. The fourth-order valence-electron chi connectivity index (χ4n) is 2.60. The van der Waals surface area contributed by atoms with Gasteiger partial charge in [-0.15, -0.1) is 0 Å². The Hall–Kier alpha value is -0.900. The molecule has 1 aliphatic rings. The van der Waals surface area contributed by atoms with Crippen LogP contribution in [0, 0.1) is 0 Å². The molecule has 0 amide bonds. The molecule has 20 heavy (non-hydrogen) atoms. The topological polar surface area (TPSA) is 41.5 Å². The first kappa shape index (κ1) is 15.5. The van der Waals surface area contributed by atoms with Gasteiger partial charge in [-0.05, 0) is 44.2 Å². The third-order valence-corrected chi connectivity index (χ3v) is 3.93. The zero-order chi connectivity index (χ0) is 14.5. The highest BCUT2D eigenvalue weighted by molar-refractivity contribution is 5.24. The number of aryl methyl sites for hydroxylation is 1. The molecule has 0 heterocycles. The smallest absolute Gasteiger partial charge is 0.0914 e. The maximum Gasteiger partial charge on any atom is 0.0914 e. The van der Waals surface area contributed by atoms with Crippen LogP contribution >= 0.6 is 0 Å². The first-order valence-corrected chi connectivity index (χ1v) is 7.74. The van der Waals surface area contributed by atoms with E-state index in [1.807, 2.05) is 12.1 Å². The molecule has 3 heteroatoms. The predicted octanol–water partition coefficient (Wildman–Crippen LogP) is 2.83. The average Bonchev–Trinajstić information content (AvgIpc) is 2.40. The number of rotatable bonds is 7. The molecule has 0 spiro atoms. The van der Waals surface area contributed by atoms with Crippen LogP contribution < -0.4 is 5.32 Å². The summed E-state index contributed by atoms with van der Waals surface area (Å²) in [7, 11) is 0. The lowest BCUT2D eigenvalue weighted by molar-refractivity contribution is -0.0511. The van der Waals surface area contributed by atoms with E-state index in [-0.39, 0.29) is 0 Å². The fourth-order valence-corrected chi connectivity index (χ4v) is 2.60. The van der Waals surface area contributed by atoms with E-state index in [1.54, 1.807) is 0 Å². The van der Waals surface area contributed by atoms with Crippen LogP contribution in [-0.4, -0.2) is 29.9 Å². The van der Waals surface area contributed by atoms with Gasteiger partial charge < -0.3 is 15.2 Å². The highest BCUT2D eigenvalue weighted by Gasteiger charge is 2.30. The van der Waals surface area contributed by atoms with Gasteiger partial charge in [-0.1, -0.05) is 31.2 Å². The molecule has 0 aromatic heterocycles. The summed E-state index contributed by atoms with van der Waals surface area (Å²) in [4.78, 5) is 0. The van der Waals surface area contributed by atoms with Crippen LogP contribution in [0.4, 0.5) is 0 Å². The predicted molar refractivity (Wildman–Crippen MR) is 81.8 cm³/mol. The van der Waals surface area contributed by atoms with Gasteiger partial charge in [0.05, 0.1) is 18.3 Å². The second-order valence-electron chi connectivity index (χ2n) is 5.99. The summed E-state index contributed by atoms with van der Waals surface area (Å²) in [5, 5.41) is 13.6. The van der Waals surface area contributed by atoms with Gasteiger partial charge in [0.15, 0.2) is 0 Å². The first-order valence-electron chi connectivity index (χ1n) is 7.74. The third kappa shape index (κ3) is 4.30. The van der Waals surface area contributed by atoms with Crippen molar-refractivity contribution >= 4 is 0 Å². The molecule has 3 nitrogen and oxygen atoms in total. The molecule has 1 aliphatic carbocycles. The van der Waals surface area contributed by atoms with Gasteiger partial charge in [-0.2, -0.15) is 0 Å². The second-order valence-corrected chi connectivity index (χ2v) is 5.99. The molecule has 1 unspecified atom stereocenters. The fraction of sp³-hybridized carbons (Fsp3) is 0.647. The molecule has 1 aromatic rings. The van der Waals surface area contributed by atoms with Gasteiger partial charge in [-0.3, -0.25) is 0 Å². The number of nitrogens with one attached hydrogen (secondary N) is 1. The van der Waals surface area contributed by atoms with E-state index in [0.717, 1.165) is 24.8 Å². The Morgan fingerprint density at radius 2 is 1.90 bits per heavy atom. The molecule has 1 saturated carbocycles. The number of aliphatic hydroxyl groups excluding tert-OH is 1. The number of benzene rings is 1. The van der Waals surface area contributed by atoms with E-state index >= 15 is 0 Å². The van der Waals surface area contributed by atoms with Gasteiger partial charge in [-0.25, -0.2) is 0 Å². The molecule has 2 rings (SSSR count). The summed E-state index contributed by atoms with van der Waals surface area (Å²) in [6, 6.07) is 8.72. The molecular formula is C17H27NO2. The van der Waals surface area contributed by atoms with Crippen LogP contribution in [0.1, 0.15) is 50.8 Å². The number of ether oxygens (including phenoxy) is 1. The first-order chi connectivity index (χ1) is 9.58. The Morgan fingerprint density at radius 1 is 1.25 bits per heavy atom. The van der Waals surface area contributed by atoms with Gasteiger partial charge >= 0.3 is 0 Å². The quantitative estimate of drug-likeness (QED) is 0.805. The molecule has 0 saturated heterocycles.